The lowest BCUT2D eigenvalue weighted by Gasteiger charge is -2.29. The van der Waals surface area contributed by atoms with Crippen molar-refractivity contribution >= 4 is 17.7 Å². The molecule has 1 fully saturated rings. The summed E-state index contributed by atoms with van der Waals surface area (Å²) in [6.07, 6.45) is 1.17. The second-order valence-corrected chi connectivity index (χ2v) is 8.11. The van der Waals surface area contributed by atoms with E-state index in [9.17, 15) is 23.1 Å². The highest BCUT2D eigenvalue weighted by molar-refractivity contribution is 7.99. The van der Waals surface area contributed by atoms with E-state index in [1.807, 2.05) is 0 Å². The second kappa shape index (κ2) is 8.38. The summed E-state index contributed by atoms with van der Waals surface area (Å²) in [6, 6.07) is 3.94. The van der Waals surface area contributed by atoms with E-state index in [0.29, 0.717) is 17.0 Å². The maximum absolute atomic E-state index is 12.6. The minimum absolute atomic E-state index is 0.000757. The van der Waals surface area contributed by atoms with Crippen molar-refractivity contribution in [3.05, 3.63) is 47.4 Å². The molecule has 1 amide bonds. The molecule has 2 aromatic rings. The normalized spacial score (nSPS) is 20.0. The molecule has 2 heterocycles. The molecule has 0 aromatic carbocycles. The number of halogens is 3. The van der Waals surface area contributed by atoms with E-state index in [0.717, 1.165) is 31.5 Å². The number of alkyl halides is 3. The summed E-state index contributed by atoms with van der Waals surface area (Å²) in [5, 5.41) is 13.6. The molecule has 3 rings (SSSR count). The van der Waals surface area contributed by atoms with Gasteiger partial charge < -0.3 is 10.4 Å². The highest BCUT2D eigenvalue weighted by atomic mass is 32.2. The Bertz CT molecular complexity index is 843. The van der Waals surface area contributed by atoms with Crippen LogP contribution < -0.4 is 5.32 Å². The molecule has 0 bridgehead atoms. The number of hydrogen-bond donors (Lipinski definition) is 2. The Morgan fingerprint density at radius 1 is 1.25 bits per heavy atom. The molecule has 2 unspecified atom stereocenters. The van der Waals surface area contributed by atoms with Crippen LogP contribution in [0.3, 0.4) is 0 Å². The molecule has 2 aromatic heterocycles. The van der Waals surface area contributed by atoms with E-state index in [1.54, 1.807) is 13.0 Å². The van der Waals surface area contributed by atoms with Crippen molar-refractivity contribution in [1.29, 1.82) is 0 Å². The molecule has 2 N–H and O–H groups in total. The van der Waals surface area contributed by atoms with Crippen molar-refractivity contribution < 1.29 is 23.1 Å². The maximum Gasteiger partial charge on any atom is 0.417 e. The van der Waals surface area contributed by atoms with Crippen molar-refractivity contribution in [2.45, 2.75) is 55.1 Å². The molecule has 0 saturated heterocycles. The number of aromatic nitrogens is 2. The first-order chi connectivity index (χ1) is 13.2. The van der Waals surface area contributed by atoms with Gasteiger partial charge >= 0.3 is 6.18 Å². The molecule has 1 aliphatic carbocycles. The number of nitrogens with one attached hydrogen (secondary N) is 1. The molecule has 9 heteroatoms. The van der Waals surface area contributed by atoms with Gasteiger partial charge in [-0.15, -0.1) is 11.8 Å². The van der Waals surface area contributed by atoms with Crippen molar-refractivity contribution in [1.82, 2.24) is 15.3 Å². The molecule has 2 atom stereocenters. The van der Waals surface area contributed by atoms with Gasteiger partial charge in [0.1, 0.15) is 5.75 Å². The third-order valence-electron chi connectivity index (χ3n) is 4.65. The van der Waals surface area contributed by atoms with E-state index in [2.05, 4.69) is 15.3 Å². The number of aryl methyl sites for hydroxylation is 1. The molecule has 0 aliphatic heterocycles. The Morgan fingerprint density at radius 2 is 2.04 bits per heavy atom. The zero-order chi connectivity index (χ0) is 20.3. The fourth-order valence-corrected chi connectivity index (χ4v) is 4.36. The van der Waals surface area contributed by atoms with Gasteiger partial charge in [-0.05, 0) is 49.9 Å². The lowest BCUT2D eigenvalue weighted by atomic mass is 9.95. The summed E-state index contributed by atoms with van der Waals surface area (Å²) in [5.41, 5.74) is -0.194. The number of aromatic hydroxyl groups is 1. The van der Waals surface area contributed by atoms with Gasteiger partial charge in [-0.2, -0.15) is 13.2 Å². The summed E-state index contributed by atoms with van der Waals surface area (Å²) in [4.78, 5) is 20.3. The first kappa shape index (κ1) is 20.4. The highest BCUT2D eigenvalue weighted by Gasteiger charge is 2.31. The number of thioether (sulfide) groups is 1. The first-order valence-electron chi connectivity index (χ1n) is 8.89. The van der Waals surface area contributed by atoms with Gasteiger partial charge in [0, 0.05) is 23.7 Å². The third-order valence-corrected chi connectivity index (χ3v) is 5.90. The van der Waals surface area contributed by atoms with Crippen LogP contribution in [-0.2, 0) is 6.18 Å². The van der Waals surface area contributed by atoms with E-state index in [4.69, 9.17) is 0 Å². The van der Waals surface area contributed by atoms with E-state index >= 15 is 0 Å². The minimum atomic E-state index is -4.40. The van der Waals surface area contributed by atoms with Crippen molar-refractivity contribution in [2.75, 3.05) is 0 Å². The molecular weight excluding hydrogens is 391 g/mol. The number of amides is 1. The average Bonchev–Trinajstić information content (AvgIpc) is 2.64. The Balaban J connectivity index is 1.59. The zero-order valence-corrected chi connectivity index (χ0v) is 16.0. The third kappa shape index (κ3) is 4.95. The fraction of sp³-hybridized carbons (Fsp3) is 0.421. The Hall–Kier alpha value is -2.29. The summed E-state index contributed by atoms with van der Waals surface area (Å²) >= 11 is 1.42. The molecule has 150 valence electrons. The predicted octanol–water partition coefficient (Wildman–Crippen LogP) is 4.34. The van der Waals surface area contributed by atoms with Crippen LogP contribution in [0.5, 0.6) is 5.75 Å². The van der Waals surface area contributed by atoms with Gasteiger partial charge in [0.15, 0.2) is 5.69 Å². The fourth-order valence-electron chi connectivity index (χ4n) is 3.14. The van der Waals surface area contributed by atoms with E-state index < -0.39 is 17.6 Å². The van der Waals surface area contributed by atoms with Gasteiger partial charge in [0.2, 0.25) is 0 Å². The number of carbonyl (C=O) groups is 1. The summed E-state index contributed by atoms with van der Waals surface area (Å²) in [7, 11) is 0. The SMILES string of the molecule is Cc1ccnc(C(=O)NC2CCCC(Sc3ccc(C(F)(F)F)cn3)C2)c1O. The van der Waals surface area contributed by atoms with Crippen molar-refractivity contribution in [2.24, 2.45) is 0 Å². The van der Waals surface area contributed by atoms with Crippen LogP contribution >= 0.6 is 11.8 Å². The van der Waals surface area contributed by atoms with Gasteiger partial charge in [0.25, 0.3) is 5.91 Å². The number of carbonyl (C=O) groups excluding carboxylic acids is 1. The highest BCUT2D eigenvalue weighted by Crippen LogP contribution is 2.35. The van der Waals surface area contributed by atoms with E-state index in [1.165, 1.54) is 24.0 Å². The molecular formula is C19H20F3N3O2S. The lowest BCUT2D eigenvalue weighted by molar-refractivity contribution is -0.137. The van der Waals surface area contributed by atoms with Crippen molar-refractivity contribution in [3.63, 3.8) is 0 Å². The molecule has 0 spiro atoms. The quantitative estimate of drug-likeness (QED) is 0.783. The van der Waals surface area contributed by atoms with Crippen LogP contribution in [0.2, 0.25) is 0 Å². The Morgan fingerprint density at radius 3 is 2.71 bits per heavy atom. The van der Waals surface area contributed by atoms with Gasteiger partial charge in [0.05, 0.1) is 10.6 Å². The average molecular weight is 411 g/mol. The molecule has 1 saturated carbocycles. The van der Waals surface area contributed by atoms with Gasteiger partial charge in [-0.3, -0.25) is 4.79 Å². The number of hydrogen-bond acceptors (Lipinski definition) is 5. The monoisotopic (exact) mass is 411 g/mol. The van der Waals surface area contributed by atoms with Crippen LogP contribution in [0, 0.1) is 6.92 Å². The number of rotatable bonds is 4. The number of pyridine rings is 2. The predicted molar refractivity (Wildman–Crippen MR) is 99.2 cm³/mol. The van der Waals surface area contributed by atoms with Crippen LogP contribution in [0.15, 0.2) is 35.6 Å². The number of nitrogens with zero attached hydrogens (tertiary/aromatic N) is 2. The molecule has 0 radical (unpaired) electrons. The maximum atomic E-state index is 12.6. The summed E-state index contributed by atoms with van der Waals surface area (Å²) < 4.78 is 37.9. The topological polar surface area (TPSA) is 75.1 Å². The largest absolute Gasteiger partial charge is 0.505 e. The van der Waals surface area contributed by atoms with Crippen LogP contribution in [0.25, 0.3) is 0 Å². The zero-order valence-electron chi connectivity index (χ0n) is 15.2. The van der Waals surface area contributed by atoms with Crippen LogP contribution in [-0.4, -0.2) is 32.3 Å². The summed E-state index contributed by atoms with van der Waals surface area (Å²) in [5.74, 6) is -0.555. The molecule has 5 nitrogen and oxygen atoms in total. The smallest absolute Gasteiger partial charge is 0.417 e. The molecule has 1 aliphatic rings. The first-order valence-corrected chi connectivity index (χ1v) is 9.77. The van der Waals surface area contributed by atoms with Crippen LogP contribution in [0.4, 0.5) is 13.2 Å². The van der Waals surface area contributed by atoms with Crippen LogP contribution in [0.1, 0.15) is 47.3 Å². The van der Waals surface area contributed by atoms with Gasteiger partial charge in [-0.25, -0.2) is 9.97 Å². The van der Waals surface area contributed by atoms with E-state index in [-0.39, 0.29) is 22.7 Å². The van der Waals surface area contributed by atoms with Gasteiger partial charge in [-0.1, -0.05) is 6.42 Å². The Labute approximate surface area is 164 Å². The minimum Gasteiger partial charge on any atom is -0.505 e. The Kier molecular flexibility index (Phi) is 6.12. The standard InChI is InChI=1S/C19H20F3N3O2S/c1-11-7-8-23-16(17(11)26)18(27)25-13-3-2-4-14(9-13)28-15-6-5-12(10-24-15)19(20,21)22/h5-8,10,13-14,26H,2-4,9H2,1H3,(H,25,27). The van der Waals surface area contributed by atoms with Crippen molar-refractivity contribution in [3.8, 4) is 5.75 Å². The summed E-state index contributed by atoms with van der Waals surface area (Å²) in [6.45, 7) is 1.69. The second-order valence-electron chi connectivity index (χ2n) is 6.78. The lowest BCUT2D eigenvalue weighted by Crippen LogP contribution is -2.39. The molecule has 28 heavy (non-hydrogen) atoms.